The predicted octanol–water partition coefficient (Wildman–Crippen LogP) is 4.87. The molecular weight excluding hydrogens is 428 g/mol. The Balaban J connectivity index is 1.51. The number of amides is 2. The molecule has 2 aromatic heterocycles. The van der Waals surface area contributed by atoms with Crippen LogP contribution in [0.4, 0.5) is 0 Å². The van der Waals surface area contributed by atoms with Crippen molar-refractivity contribution >= 4 is 34.5 Å². The van der Waals surface area contributed by atoms with Crippen molar-refractivity contribution in [3.05, 3.63) is 74.6 Å². The standard InChI is InChI=1S/C24H26N2O3S2/c1-2-12-25(24(28)22-9-6-14-30-22)16-23(27)26-13-10-21-19(11-15-31-21)20(26)17-29-18-7-4-3-5-8-18/h3-9,11,14-15,20H,2,10,12-13,16-17H2,1H3/t20-/m0/s1. The molecule has 162 valence electrons. The molecule has 0 unspecified atom stereocenters. The molecular formula is C24H26N2O3S2. The Morgan fingerprint density at radius 3 is 2.68 bits per heavy atom. The van der Waals surface area contributed by atoms with Gasteiger partial charge in [-0.25, -0.2) is 0 Å². The van der Waals surface area contributed by atoms with E-state index in [2.05, 4.69) is 11.4 Å². The number of carbonyl (C=O) groups is 2. The van der Waals surface area contributed by atoms with E-state index in [0.29, 0.717) is 24.6 Å². The quantitative estimate of drug-likeness (QED) is 0.488. The monoisotopic (exact) mass is 454 g/mol. The second-order valence-corrected chi connectivity index (χ2v) is 9.43. The van der Waals surface area contributed by atoms with Gasteiger partial charge in [0.1, 0.15) is 18.9 Å². The average molecular weight is 455 g/mol. The smallest absolute Gasteiger partial charge is 0.264 e. The molecule has 4 rings (SSSR count). The Morgan fingerprint density at radius 1 is 1.10 bits per heavy atom. The normalized spacial score (nSPS) is 15.4. The maximum absolute atomic E-state index is 13.4. The Hall–Kier alpha value is -2.64. The van der Waals surface area contributed by atoms with E-state index in [0.717, 1.165) is 24.2 Å². The van der Waals surface area contributed by atoms with E-state index in [9.17, 15) is 9.59 Å². The minimum absolute atomic E-state index is 0.0307. The molecule has 1 aliphatic rings. The summed E-state index contributed by atoms with van der Waals surface area (Å²) in [6.45, 7) is 3.71. The third-order valence-electron chi connectivity index (χ3n) is 5.41. The molecule has 0 radical (unpaired) electrons. The van der Waals surface area contributed by atoms with Crippen LogP contribution in [-0.4, -0.2) is 47.9 Å². The Labute approximate surface area is 190 Å². The van der Waals surface area contributed by atoms with Gasteiger partial charge in [-0.3, -0.25) is 9.59 Å². The van der Waals surface area contributed by atoms with Crippen molar-refractivity contribution in [1.82, 2.24) is 9.80 Å². The highest BCUT2D eigenvalue weighted by atomic mass is 32.1. The van der Waals surface area contributed by atoms with Crippen molar-refractivity contribution in [3.63, 3.8) is 0 Å². The molecule has 5 nitrogen and oxygen atoms in total. The first-order chi connectivity index (χ1) is 15.2. The van der Waals surface area contributed by atoms with Crippen molar-refractivity contribution < 1.29 is 14.3 Å². The van der Waals surface area contributed by atoms with E-state index >= 15 is 0 Å². The first-order valence-corrected chi connectivity index (χ1v) is 12.3. The van der Waals surface area contributed by atoms with Crippen LogP contribution in [0.25, 0.3) is 0 Å². The molecule has 7 heteroatoms. The Morgan fingerprint density at radius 2 is 1.94 bits per heavy atom. The largest absolute Gasteiger partial charge is 0.491 e. The second kappa shape index (κ2) is 10.1. The highest BCUT2D eigenvalue weighted by Crippen LogP contribution is 2.34. The fourth-order valence-corrected chi connectivity index (χ4v) is 5.52. The number of rotatable bonds is 8. The lowest BCUT2D eigenvalue weighted by Gasteiger charge is -2.37. The third-order valence-corrected chi connectivity index (χ3v) is 7.26. The molecule has 0 saturated heterocycles. The lowest BCUT2D eigenvalue weighted by atomic mass is 10.0. The number of fused-ring (bicyclic) bond motifs is 1. The summed E-state index contributed by atoms with van der Waals surface area (Å²) < 4.78 is 6.04. The molecule has 3 heterocycles. The summed E-state index contributed by atoms with van der Waals surface area (Å²) >= 11 is 3.14. The summed E-state index contributed by atoms with van der Waals surface area (Å²) in [6, 6.07) is 15.3. The minimum atomic E-state index is -0.150. The second-order valence-electron chi connectivity index (χ2n) is 7.48. The van der Waals surface area contributed by atoms with Gasteiger partial charge in [-0.05, 0) is 53.4 Å². The number of thiophene rings is 2. The molecule has 0 aliphatic carbocycles. The molecule has 2 amide bonds. The number of ether oxygens (including phenoxy) is 1. The molecule has 1 aromatic carbocycles. The fraction of sp³-hybridized carbons (Fsp3) is 0.333. The summed E-state index contributed by atoms with van der Waals surface area (Å²) in [4.78, 5) is 31.8. The fourth-order valence-electron chi connectivity index (χ4n) is 3.90. The van der Waals surface area contributed by atoms with E-state index in [1.54, 1.807) is 16.2 Å². The number of benzene rings is 1. The van der Waals surface area contributed by atoms with Crippen LogP contribution in [-0.2, 0) is 11.2 Å². The summed E-state index contributed by atoms with van der Waals surface area (Å²) in [5.74, 6) is 0.685. The van der Waals surface area contributed by atoms with E-state index in [1.807, 2.05) is 59.7 Å². The number of para-hydroxylation sites is 1. The van der Waals surface area contributed by atoms with Crippen LogP contribution in [0.15, 0.2) is 59.3 Å². The highest BCUT2D eigenvalue weighted by Gasteiger charge is 2.33. The summed E-state index contributed by atoms with van der Waals surface area (Å²) in [6.07, 6.45) is 1.65. The molecule has 0 saturated carbocycles. The van der Waals surface area contributed by atoms with Crippen molar-refractivity contribution in [2.45, 2.75) is 25.8 Å². The van der Waals surface area contributed by atoms with E-state index < -0.39 is 0 Å². The summed E-state index contributed by atoms with van der Waals surface area (Å²) in [5.41, 5.74) is 1.16. The topological polar surface area (TPSA) is 49.9 Å². The number of nitrogens with zero attached hydrogens (tertiary/aromatic N) is 2. The zero-order chi connectivity index (χ0) is 21.6. The molecule has 1 atom stereocenters. The van der Waals surface area contributed by atoms with Crippen molar-refractivity contribution in [1.29, 1.82) is 0 Å². The predicted molar refractivity (Wildman–Crippen MR) is 125 cm³/mol. The van der Waals surface area contributed by atoms with Crippen molar-refractivity contribution in [2.24, 2.45) is 0 Å². The van der Waals surface area contributed by atoms with Crippen LogP contribution in [0, 0.1) is 0 Å². The number of carbonyl (C=O) groups excluding carboxylic acids is 2. The van der Waals surface area contributed by atoms with Crippen LogP contribution >= 0.6 is 22.7 Å². The van der Waals surface area contributed by atoms with Gasteiger partial charge in [0.15, 0.2) is 0 Å². The van der Waals surface area contributed by atoms with E-state index in [-0.39, 0.29) is 24.4 Å². The highest BCUT2D eigenvalue weighted by molar-refractivity contribution is 7.12. The maximum atomic E-state index is 13.4. The maximum Gasteiger partial charge on any atom is 0.264 e. The third kappa shape index (κ3) is 4.99. The molecule has 3 aromatic rings. The number of hydrogen-bond acceptors (Lipinski definition) is 5. The molecule has 0 bridgehead atoms. The average Bonchev–Trinajstić information content (AvgIpc) is 3.49. The van der Waals surface area contributed by atoms with Gasteiger partial charge in [-0.1, -0.05) is 31.2 Å². The molecule has 31 heavy (non-hydrogen) atoms. The molecule has 0 spiro atoms. The van der Waals surface area contributed by atoms with Crippen LogP contribution in [0.2, 0.25) is 0 Å². The lowest BCUT2D eigenvalue weighted by Crippen LogP contribution is -2.47. The minimum Gasteiger partial charge on any atom is -0.491 e. The lowest BCUT2D eigenvalue weighted by molar-refractivity contribution is -0.135. The SMILES string of the molecule is CCCN(CC(=O)N1CCc2sccc2[C@@H]1COc1ccccc1)C(=O)c1cccs1. The Kier molecular flexibility index (Phi) is 7.04. The Bertz CT molecular complexity index is 1000. The summed E-state index contributed by atoms with van der Waals surface area (Å²) in [7, 11) is 0. The first-order valence-electron chi connectivity index (χ1n) is 10.5. The van der Waals surface area contributed by atoms with Gasteiger partial charge >= 0.3 is 0 Å². The summed E-state index contributed by atoms with van der Waals surface area (Å²) in [5, 5.41) is 3.97. The van der Waals surface area contributed by atoms with Gasteiger partial charge in [0, 0.05) is 18.0 Å². The van der Waals surface area contributed by atoms with Crippen LogP contribution in [0.1, 0.15) is 39.5 Å². The molecule has 1 aliphatic heterocycles. The van der Waals surface area contributed by atoms with Gasteiger partial charge in [-0.2, -0.15) is 0 Å². The van der Waals surface area contributed by atoms with Crippen LogP contribution in [0.3, 0.4) is 0 Å². The van der Waals surface area contributed by atoms with Crippen molar-refractivity contribution in [2.75, 3.05) is 26.2 Å². The van der Waals surface area contributed by atoms with Gasteiger partial charge in [-0.15, -0.1) is 22.7 Å². The molecule has 0 fully saturated rings. The zero-order valence-corrected chi connectivity index (χ0v) is 19.2. The van der Waals surface area contributed by atoms with Crippen LogP contribution in [0.5, 0.6) is 5.75 Å². The van der Waals surface area contributed by atoms with Crippen molar-refractivity contribution in [3.8, 4) is 5.75 Å². The van der Waals surface area contributed by atoms with E-state index in [1.165, 1.54) is 16.2 Å². The molecule has 0 N–H and O–H groups in total. The van der Waals surface area contributed by atoms with Gasteiger partial charge in [0.2, 0.25) is 5.91 Å². The van der Waals surface area contributed by atoms with E-state index in [4.69, 9.17) is 4.74 Å². The first kappa shape index (κ1) is 21.6. The van der Waals surface area contributed by atoms with Gasteiger partial charge in [0.25, 0.3) is 5.91 Å². The van der Waals surface area contributed by atoms with Gasteiger partial charge < -0.3 is 14.5 Å². The number of hydrogen-bond donors (Lipinski definition) is 0. The van der Waals surface area contributed by atoms with Gasteiger partial charge in [0.05, 0.1) is 10.9 Å². The zero-order valence-electron chi connectivity index (χ0n) is 17.5. The van der Waals surface area contributed by atoms with Crippen LogP contribution < -0.4 is 4.74 Å².